The number of carboxylic acid groups (broad SMARTS) is 1. The molecule has 1 unspecified atom stereocenters. The summed E-state index contributed by atoms with van der Waals surface area (Å²) in [6.45, 7) is 3.82. The van der Waals surface area contributed by atoms with Crippen LogP contribution in [0.25, 0.3) is 0 Å². The molecule has 0 spiro atoms. The Bertz CT molecular complexity index is 273. The van der Waals surface area contributed by atoms with Gasteiger partial charge in [0.1, 0.15) is 6.04 Å². The molecule has 0 bridgehead atoms. The van der Waals surface area contributed by atoms with Crippen molar-refractivity contribution in [2.45, 2.75) is 51.6 Å². The summed E-state index contributed by atoms with van der Waals surface area (Å²) in [5, 5.41) is 14.3. The highest BCUT2D eigenvalue weighted by Crippen LogP contribution is 2.23. The molecule has 0 aromatic carbocycles. The summed E-state index contributed by atoms with van der Waals surface area (Å²) in [4.78, 5) is 22.1. The fourth-order valence-corrected chi connectivity index (χ4v) is 2.02. The van der Waals surface area contributed by atoms with E-state index < -0.39 is 12.0 Å². The summed E-state index contributed by atoms with van der Waals surface area (Å²) < 4.78 is 0. The van der Waals surface area contributed by atoms with Crippen molar-refractivity contribution in [3.8, 4) is 0 Å². The number of aliphatic carboxylic acids is 1. The molecular formula is C12H22N2O3. The number of carbonyl (C=O) groups excluding carboxylic acids is 1. The van der Waals surface area contributed by atoms with Gasteiger partial charge in [-0.1, -0.05) is 6.92 Å². The van der Waals surface area contributed by atoms with Gasteiger partial charge in [0.25, 0.3) is 0 Å². The molecule has 1 fully saturated rings. The van der Waals surface area contributed by atoms with Crippen LogP contribution in [0.1, 0.15) is 39.5 Å². The van der Waals surface area contributed by atoms with Gasteiger partial charge in [-0.2, -0.15) is 0 Å². The van der Waals surface area contributed by atoms with Gasteiger partial charge in [-0.25, -0.2) is 0 Å². The molecule has 5 heteroatoms. The Morgan fingerprint density at radius 1 is 1.29 bits per heavy atom. The Labute approximate surface area is 102 Å². The van der Waals surface area contributed by atoms with Gasteiger partial charge in [0.15, 0.2) is 0 Å². The number of carboxylic acids is 1. The number of amides is 1. The van der Waals surface area contributed by atoms with E-state index in [9.17, 15) is 9.59 Å². The summed E-state index contributed by atoms with van der Waals surface area (Å²) in [6, 6.07) is -0.423. The highest BCUT2D eigenvalue weighted by molar-refractivity contribution is 5.80. The van der Waals surface area contributed by atoms with Crippen molar-refractivity contribution in [3.05, 3.63) is 0 Å². The SMILES string of the molecule is CC1CCC(NC(=O)CNC(C)C(=O)O)CC1. The number of hydrogen-bond acceptors (Lipinski definition) is 3. The molecule has 1 saturated carbocycles. The van der Waals surface area contributed by atoms with Crippen LogP contribution in [0.2, 0.25) is 0 Å². The summed E-state index contributed by atoms with van der Waals surface area (Å²) >= 11 is 0. The molecular weight excluding hydrogens is 220 g/mol. The van der Waals surface area contributed by atoms with E-state index in [0.717, 1.165) is 31.6 Å². The highest BCUT2D eigenvalue weighted by Gasteiger charge is 2.20. The van der Waals surface area contributed by atoms with Crippen molar-refractivity contribution < 1.29 is 14.7 Å². The topological polar surface area (TPSA) is 78.4 Å². The van der Waals surface area contributed by atoms with Crippen LogP contribution in [0.5, 0.6) is 0 Å². The van der Waals surface area contributed by atoms with Gasteiger partial charge in [0, 0.05) is 6.04 Å². The zero-order chi connectivity index (χ0) is 12.8. The van der Waals surface area contributed by atoms with Crippen molar-refractivity contribution >= 4 is 11.9 Å². The predicted octanol–water partition coefficient (Wildman–Crippen LogP) is 0.744. The number of carbonyl (C=O) groups is 2. The molecule has 3 N–H and O–H groups in total. The lowest BCUT2D eigenvalue weighted by atomic mass is 9.87. The van der Waals surface area contributed by atoms with Gasteiger partial charge in [-0.3, -0.25) is 14.9 Å². The molecule has 0 heterocycles. The normalized spacial score (nSPS) is 26.2. The van der Waals surface area contributed by atoms with E-state index in [1.807, 2.05) is 0 Å². The average Bonchev–Trinajstić information content (AvgIpc) is 2.29. The first kappa shape index (κ1) is 14.0. The van der Waals surface area contributed by atoms with E-state index in [1.54, 1.807) is 0 Å². The molecule has 0 saturated heterocycles. The van der Waals surface area contributed by atoms with Crippen LogP contribution in [0.3, 0.4) is 0 Å². The first-order chi connectivity index (χ1) is 7.99. The van der Waals surface area contributed by atoms with Gasteiger partial charge in [-0.15, -0.1) is 0 Å². The minimum atomic E-state index is -0.940. The number of rotatable bonds is 5. The van der Waals surface area contributed by atoms with Crippen molar-refractivity contribution in [3.63, 3.8) is 0 Å². The molecule has 1 rings (SSSR count). The maximum atomic E-state index is 11.6. The first-order valence-corrected chi connectivity index (χ1v) is 6.24. The van der Waals surface area contributed by atoms with Crippen molar-refractivity contribution in [1.82, 2.24) is 10.6 Å². The van der Waals surface area contributed by atoms with Crippen molar-refractivity contribution in [1.29, 1.82) is 0 Å². The molecule has 0 radical (unpaired) electrons. The molecule has 98 valence electrons. The number of hydrogen-bond donors (Lipinski definition) is 3. The average molecular weight is 242 g/mol. The lowest BCUT2D eigenvalue weighted by Gasteiger charge is -2.27. The molecule has 0 aromatic rings. The maximum Gasteiger partial charge on any atom is 0.320 e. The minimum absolute atomic E-state index is 0.0690. The Morgan fingerprint density at radius 2 is 1.88 bits per heavy atom. The van der Waals surface area contributed by atoms with Crippen molar-refractivity contribution in [2.24, 2.45) is 5.92 Å². The summed E-state index contributed by atoms with van der Waals surface area (Å²) in [7, 11) is 0. The summed E-state index contributed by atoms with van der Waals surface area (Å²) in [6.07, 6.45) is 4.37. The quantitative estimate of drug-likeness (QED) is 0.664. The molecule has 1 atom stereocenters. The van der Waals surface area contributed by atoms with E-state index in [1.165, 1.54) is 6.92 Å². The van der Waals surface area contributed by atoms with Crippen LogP contribution in [0.15, 0.2) is 0 Å². The summed E-state index contributed by atoms with van der Waals surface area (Å²) in [5.41, 5.74) is 0. The van der Waals surface area contributed by atoms with E-state index >= 15 is 0 Å². The largest absolute Gasteiger partial charge is 0.480 e. The van der Waals surface area contributed by atoms with Crippen LogP contribution in [0.4, 0.5) is 0 Å². The van der Waals surface area contributed by atoms with Gasteiger partial charge in [-0.05, 0) is 38.5 Å². The van der Waals surface area contributed by atoms with Gasteiger partial charge >= 0.3 is 5.97 Å². The Morgan fingerprint density at radius 3 is 2.41 bits per heavy atom. The third kappa shape index (κ3) is 5.17. The Kier molecular flexibility index (Phi) is 5.41. The molecule has 0 aliphatic heterocycles. The molecule has 1 amide bonds. The van der Waals surface area contributed by atoms with E-state index in [0.29, 0.717) is 0 Å². The number of nitrogens with one attached hydrogen (secondary N) is 2. The maximum absolute atomic E-state index is 11.6. The Hall–Kier alpha value is -1.10. The second-order valence-electron chi connectivity index (χ2n) is 4.97. The Balaban J connectivity index is 2.19. The smallest absolute Gasteiger partial charge is 0.320 e. The lowest BCUT2D eigenvalue weighted by Crippen LogP contribution is -2.45. The van der Waals surface area contributed by atoms with E-state index in [2.05, 4.69) is 17.6 Å². The standard InChI is InChI=1S/C12H22N2O3/c1-8-3-5-10(6-4-8)14-11(15)7-13-9(2)12(16)17/h8-10,13H,3-7H2,1-2H3,(H,14,15)(H,16,17). The third-order valence-corrected chi connectivity index (χ3v) is 3.32. The second kappa shape index (κ2) is 6.59. The minimum Gasteiger partial charge on any atom is -0.480 e. The monoisotopic (exact) mass is 242 g/mol. The van der Waals surface area contributed by atoms with Crippen LogP contribution in [0, 0.1) is 5.92 Å². The van der Waals surface area contributed by atoms with Crippen LogP contribution in [-0.2, 0) is 9.59 Å². The first-order valence-electron chi connectivity index (χ1n) is 6.24. The fraction of sp³-hybridized carbons (Fsp3) is 0.833. The third-order valence-electron chi connectivity index (χ3n) is 3.32. The van der Waals surface area contributed by atoms with Crippen LogP contribution in [-0.4, -0.2) is 35.6 Å². The van der Waals surface area contributed by atoms with Gasteiger partial charge < -0.3 is 10.4 Å². The van der Waals surface area contributed by atoms with Crippen LogP contribution >= 0.6 is 0 Å². The van der Waals surface area contributed by atoms with E-state index in [4.69, 9.17) is 5.11 Å². The lowest BCUT2D eigenvalue weighted by molar-refractivity contribution is -0.139. The molecule has 17 heavy (non-hydrogen) atoms. The van der Waals surface area contributed by atoms with Gasteiger partial charge in [0.2, 0.25) is 5.91 Å². The molecule has 1 aliphatic rings. The van der Waals surface area contributed by atoms with Crippen molar-refractivity contribution in [2.75, 3.05) is 6.54 Å². The molecule has 5 nitrogen and oxygen atoms in total. The molecule has 0 aromatic heterocycles. The fourth-order valence-electron chi connectivity index (χ4n) is 2.02. The summed E-state index contributed by atoms with van der Waals surface area (Å²) in [5.74, 6) is -0.296. The predicted molar refractivity (Wildman–Crippen MR) is 64.7 cm³/mol. The van der Waals surface area contributed by atoms with Crippen LogP contribution < -0.4 is 10.6 Å². The highest BCUT2D eigenvalue weighted by atomic mass is 16.4. The van der Waals surface area contributed by atoms with E-state index in [-0.39, 0.29) is 18.5 Å². The van der Waals surface area contributed by atoms with Gasteiger partial charge in [0.05, 0.1) is 6.54 Å². The molecule has 1 aliphatic carbocycles. The zero-order valence-electron chi connectivity index (χ0n) is 10.5. The zero-order valence-corrected chi connectivity index (χ0v) is 10.5. The second-order valence-corrected chi connectivity index (χ2v) is 4.97.